The molecule has 1 amide bonds. The van der Waals surface area contributed by atoms with E-state index in [2.05, 4.69) is 20.3 Å². The van der Waals surface area contributed by atoms with E-state index in [1.165, 1.54) is 36.5 Å². The molecular weight excluding hydrogens is 577 g/mol. The average Bonchev–Trinajstić information content (AvgIpc) is 3.58. The van der Waals surface area contributed by atoms with Gasteiger partial charge in [0.2, 0.25) is 0 Å². The molecule has 42 heavy (non-hydrogen) atoms. The minimum absolute atomic E-state index is 0.0946. The smallest absolute Gasteiger partial charge is 0.491 e. The van der Waals surface area contributed by atoms with Gasteiger partial charge in [0.15, 0.2) is 11.5 Å². The molecule has 0 spiro atoms. The number of methoxy groups -OCH3 is 1. The fourth-order valence-corrected chi connectivity index (χ4v) is 4.98. The van der Waals surface area contributed by atoms with E-state index >= 15 is 0 Å². The molecule has 1 saturated heterocycles. The van der Waals surface area contributed by atoms with Gasteiger partial charge in [-0.3, -0.25) is 9.78 Å². The highest BCUT2D eigenvalue weighted by Gasteiger charge is 2.43. The average molecular weight is 603 g/mol. The fourth-order valence-electron chi connectivity index (χ4n) is 4.80. The lowest BCUT2D eigenvalue weighted by Gasteiger charge is -2.26. The third-order valence-electron chi connectivity index (χ3n) is 6.96. The molecule has 1 atom stereocenters. The Kier molecular flexibility index (Phi) is 7.97. The Labute approximate surface area is 243 Å². The van der Waals surface area contributed by atoms with Crippen LogP contribution in [0, 0.1) is 0 Å². The second-order valence-corrected chi connectivity index (χ2v) is 10.3. The van der Waals surface area contributed by atoms with Crippen molar-refractivity contribution >= 4 is 45.9 Å². The SMILES string of the molecule is COc1c(Nc2cncc(-c3cc4cc(Cl)ccc4[nH]3)n2)ccc(C(=O)N(C)C2CCN(C)C2)c1OC(=O)C(F)(F)F. The van der Waals surface area contributed by atoms with Crippen LogP contribution in [0.1, 0.15) is 16.8 Å². The second kappa shape index (κ2) is 11.5. The zero-order valence-corrected chi connectivity index (χ0v) is 23.5. The normalized spacial score (nSPS) is 15.5. The Morgan fingerprint density at radius 2 is 1.95 bits per heavy atom. The maximum atomic E-state index is 13.4. The lowest BCUT2D eigenvalue weighted by atomic mass is 10.1. The van der Waals surface area contributed by atoms with E-state index in [0.717, 1.165) is 17.4 Å². The number of halogens is 4. The second-order valence-electron chi connectivity index (χ2n) is 9.86. The predicted molar refractivity (Wildman–Crippen MR) is 150 cm³/mol. The molecule has 0 saturated carbocycles. The molecule has 1 fully saturated rings. The third-order valence-corrected chi connectivity index (χ3v) is 7.20. The number of H-pyrrole nitrogens is 1. The first-order valence-corrected chi connectivity index (χ1v) is 13.2. The van der Waals surface area contributed by atoms with Crippen molar-refractivity contribution in [3.05, 3.63) is 59.4 Å². The number of hydrogen-bond acceptors (Lipinski definition) is 8. The number of hydrogen-bond donors (Lipinski definition) is 2. The van der Waals surface area contributed by atoms with E-state index in [-0.39, 0.29) is 28.9 Å². The van der Waals surface area contributed by atoms with Gasteiger partial charge in [0.05, 0.1) is 36.4 Å². The summed E-state index contributed by atoms with van der Waals surface area (Å²) in [5.41, 5.74) is 1.78. The zero-order valence-electron chi connectivity index (χ0n) is 22.8. The lowest BCUT2D eigenvalue weighted by molar-refractivity contribution is -0.189. The zero-order chi connectivity index (χ0) is 30.2. The number of benzene rings is 2. The summed E-state index contributed by atoms with van der Waals surface area (Å²) in [7, 11) is 4.65. The summed E-state index contributed by atoms with van der Waals surface area (Å²) >= 11 is 6.09. The van der Waals surface area contributed by atoms with E-state index < -0.39 is 23.8 Å². The van der Waals surface area contributed by atoms with E-state index in [0.29, 0.717) is 29.4 Å². The summed E-state index contributed by atoms with van der Waals surface area (Å²) in [6.45, 7) is 1.35. The minimum Gasteiger partial charge on any atom is -0.491 e. The Morgan fingerprint density at radius 1 is 1.17 bits per heavy atom. The Balaban J connectivity index is 1.50. The van der Waals surface area contributed by atoms with E-state index in [1.54, 1.807) is 19.2 Å². The van der Waals surface area contributed by atoms with Gasteiger partial charge in [-0.15, -0.1) is 0 Å². The van der Waals surface area contributed by atoms with Gasteiger partial charge in [-0.05, 0) is 56.4 Å². The largest absolute Gasteiger partial charge is 0.491 e. The standard InChI is InChI=1S/C28H26ClF3N6O4/c1-37-9-8-17(14-37)38(2)26(39)18-5-7-20(25(41-3)24(18)42-27(40)28(30,31)32)35-23-13-33-12-22(36-23)21-11-15-10-16(29)4-6-19(15)34-21/h4-7,10-13,17,34H,8-9,14H2,1-3H3,(H,35,36). The number of rotatable bonds is 7. The van der Waals surface area contributed by atoms with Gasteiger partial charge in [0.25, 0.3) is 5.91 Å². The molecule has 3 heterocycles. The van der Waals surface area contributed by atoms with E-state index in [1.807, 2.05) is 24.1 Å². The van der Waals surface area contributed by atoms with Crippen LogP contribution in [-0.2, 0) is 4.79 Å². The minimum atomic E-state index is -5.31. The third kappa shape index (κ3) is 5.97. The molecule has 220 valence electrons. The number of anilines is 2. The first-order chi connectivity index (χ1) is 19.9. The summed E-state index contributed by atoms with van der Waals surface area (Å²) < 4.78 is 49.9. The maximum Gasteiger partial charge on any atom is 0.491 e. The molecule has 0 bridgehead atoms. The lowest BCUT2D eigenvalue weighted by Crippen LogP contribution is -2.39. The number of alkyl halides is 3. The number of likely N-dealkylation sites (N-methyl/N-ethyl adjacent to an activating group) is 2. The van der Waals surface area contributed by atoms with Crippen molar-refractivity contribution in [2.45, 2.75) is 18.6 Å². The number of likely N-dealkylation sites (tertiary alicyclic amines) is 1. The van der Waals surface area contributed by atoms with Gasteiger partial charge in [-0.1, -0.05) is 11.6 Å². The number of aromatic nitrogens is 3. The van der Waals surface area contributed by atoms with Crippen molar-refractivity contribution in [1.82, 2.24) is 24.8 Å². The topological polar surface area (TPSA) is 113 Å². The van der Waals surface area contributed by atoms with Crippen LogP contribution in [-0.4, -0.2) is 83.1 Å². The van der Waals surface area contributed by atoms with Crippen LogP contribution in [0.5, 0.6) is 11.5 Å². The first kappa shape index (κ1) is 29.1. The van der Waals surface area contributed by atoms with Gasteiger partial charge in [-0.2, -0.15) is 13.2 Å². The van der Waals surface area contributed by atoms with Crippen LogP contribution in [0.2, 0.25) is 5.02 Å². The predicted octanol–water partition coefficient (Wildman–Crippen LogP) is 5.27. The molecule has 1 aliphatic heterocycles. The monoisotopic (exact) mass is 602 g/mol. The molecule has 2 aromatic carbocycles. The highest BCUT2D eigenvalue weighted by molar-refractivity contribution is 6.31. The van der Waals surface area contributed by atoms with Crippen molar-refractivity contribution < 1.29 is 32.2 Å². The van der Waals surface area contributed by atoms with Crippen LogP contribution in [0.4, 0.5) is 24.7 Å². The molecule has 0 radical (unpaired) electrons. The van der Waals surface area contributed by atoms with Gasteiger partial charge < -0.3 is 29.6 Å². The van der Waals surface area contributed by atoms with Crippen LogP contribution in [0.25, 0.3) is 22.3 Å². The number of fused-ring (bicyclic) bond motifs is 1. The van der Waals surface area contributed by atoms with Crippen molar-refractivity contribution in [1.29, 1.82) is 0 Å². The Hall–Kier alpha value is -4.36. The first-order valence-electron chi connectivity index (χ1n) is 12.8. The molecule has 14 heteroatoms. The van der Waals surface area contributed by atoms with Gasteiger partial charge >= 0.3 is 12.1 Å². The Bertz CT molecular complexity index is 1660. The van der Waals surface area contributed by atoms with Gasteiger partial charge in [0.1, 0.15) is 11.5 Å². The number of nitrogens with zero attached hydrogens (tertiary/aromatic N) is 4. The molecule has 0 aliphatic carbocycles. The summed E-state index contributed by atoms with van der Waals surface area (Å²) in [5.74, 6) is -3.85. The van der Waals surface area contributed by atoms with E-state index in [4.69, 9.17) is 21.1 Å². The van der Waals surface area contributed by atoms with Crippen molar-refractivity contribution in [2.24, 2.45) is 0 Å². The number of aromatic amines is 1. The molecule has 1 aliphatic rings. The highest BCUT2D eigenvalue weighted by atomic mass is 35.5. The summed E-state index contributed by atoms with van der Waals surface area (Å²) in [6, 6.07) is 9.77. The van der Waals surface area contributed by atoms with Crippen LogP contribution >= 0.6 is 11.6 Å². The van der Waals surface area contributed by atoms with Crippen LogP contribution in [0.15, 0.2) is 48.8 Å². The van der Waals surface area contributed by atoms with Crippen molar-refractivity contribution in [3.8, 4) is 22.9 Å². The van der Waals surface area contributed by atoms with Gasteiger partial charge in [-0.25, -0.2) is 9.78 Å². The highest BCUT2D eigenvalue weighted by Crippen LogP contribution is 2.41. The molecule has 4 aromatic rings. The molecule has 2 N–H and O–H groups in total. The molecule has 10 nitrogen and oxygen atoms in total. The van der Waals surface area contributed by atoms with Crippen molar-refractivity contribution in [3.63, 3.8) is 0 Å². The summed E-state index contributed by atoms with van der Waals surface area (Å²) in [6.07, 6.45) is -1.69. The number of nitrogens with one attached hydrogen (secondary N) is 2. The molecule has 2 aromatic heterocycles. The van der Waals surface area contributed by atoms with Crippen LogP contribution in [0.3, 0.4) is 0 Å². The van der Waals surface area contributed by atoms with Crippen LogP contribution < -0.4 is 14.8 Å². The van der Waals surface area contributed by atoms with Gasteiger partial charge in [0, 0.05) is 35.6 Å². The molecule has 1 unspecified atom stereocenters. The fraction of sp³-hybridized carbons (Fsp3) is 0.286. The number of carbonyl (C=O) groups is 2. The number of carbonyl (C=O) groups excluding carboxylic acids is 2. The summed E-state index contributed by atoms with van der Waals surface area (Å²) in [4.78, 5) is 40.8. The molecule has 5 rings (SSSR count). The quantitative estimate of drug-likeness (QED) is 0.217. The summed E-state index contributed by atoms with van der Waals surface area (Å²) in [5, 5.41) is 4.39. The van der Waals surface area contributed by atoms with E-state index in [9.17, 15) is 22.8 Å². The number of ether oxygens (including phenoxy) is 2. The maximum absolute atomic E-state index is 13.4. The van der Waals surface area contributed by atoms with Crippen molar-refractivity contribution in [2.75, 3.05) is 39.6 Å². The number of amides is 1. The molecular formula is C28H26ClF3N6O4. The number of esters is 1. The Morgan fingerprint density at radius 3 is 2.64 bits per heavy atom.